The number of guanidine groups is 1. The minimum atomic E-state index is 0.295. The van der Waals surface area contributed by atoms with Gasteiger partial charge in [0.15, 0.2) is 5.96 Å². The van der Waals surface area contributed by atoms with Crippen molar-refractivity contribution < 1.29 is 9.47 Å². The summed E-state index contributed by atoms with van der Waals surface area (Å²) in [6.07, 6.45) is 8.15. The van der Waals surface area contributed by atoms with Crippen LogP contribution in [0.4, 0.5) is 0 Å². The van der Waals surface area contributed by atoms with E-state index in [1.807, 2.05) is 6.20 Å². The molecule has 4 rings (SSSR count). The Bertz CT molecular complexity index is 822. The van der Waals surface area contributed by atoms with E-state index in [0.717, 1.165) is 63.8 Å². The standard InChI is InChI=1S/C24H34N4O2/c1-2-25-24(27-17-23-22-9-4-3-7-19(22)10-13-26-23)28-14-11-20(12-15-28)30-18-21-8-5-6-16-29-21/h3-4,7,9-10,13,20-21H,2,5-6,8,11-12,14-18H2,1H3,(H,25,27). The van der Waals surface area contributed by atoms with Gasteiger partial charge in [-0.2, -0.15) is 0 Å². The fraction of sp³-hybridized carbons (Fsp3) is 0.583. The Morgan fingerprint density at radius 1 is 1.20 bits per heavy atom. The van der Waals surface area contributed by atoms with Gasteiger partial charge in [-0.1, -0.05) is 24.3 Å². The van der Waals surface area contributed by atoms with Gasteiger partial charge in [0, 0.05) is 37.8 Å². The Kier molecular flexibility index (Phi) is 7.54. The number of aliphatic imine (C=N–C) groups is 1. The molecule has 30 heavy (non-hydrogen) atoms. The molecule has 0 spiro atoms. The number of rotatable bonds is 6. The third kappa shape index (κ3) is 5.49. The first-order chi connectivity index (χ1) is 14.8. The lowest BCUT2D eigenvalue weighted by molar-refractivity contribution is -0.0721. The van der Waals surface area contributed by atoms with Gasteiger partial charge in [-0.15, -0.1) is 0 Å². The average Bonchev–Trinajstić information content (AvgIpc) is 2.81. The van der Waals surface area contributed by atoms with Gasteiger partial charge in [-0.25, -0.2) is 4.99 Å². The average molecular weight is 411 g/mol. The quantitative estimate of drug-likeness (QED) is 0.581. The molecule has 162 valence electrons. The monoisotopic (exact) mass is 410 g/mol. The zero-order valence-electron chi connectivity index (χ0n) is 18.1. The number of aromatic nitrogens is 1. The third-order valence-electron chi connectivity index (χ3n) is 6.00. The Labute approximate surface area is 179 Å². The van der Waals surface area contributed by atoms with Crippen molar-refractivity contribution in [2.24, 2.45) is 4.99 Å². The minimum Gasteiger partial charge on any atom is -0.376 e. The van der Waals surface area contributed by atoms with Crippen molar-refractivity contribution in [3.8, 4) is 0 Å². The van der Waals surface area contributed by atoms with Crippen LogP contribution in [0.25, 0.3) is 10.8 Å². The molecule has 1 unspecified atom stereocenters. The fourth-order valence-corrected chi connectivity index (χ4v) is 4.30. The molecule has 0 bridgehead atoms. The van der Waals surface area contributed by atoms with E-state index in [0.29, 0.717) is 18.8 Å². The molecule has 2 fully saturated rings. The molecule has 0 radical (unpaired) electrons. The Morgan fingerprint density at radius 2 is 2.07 bits per heavy atom. The van der Waals surface area contributed by atoms with E-state index in [4.69, 9.17) is 14.5 Å². The normalized spacial score (nSPS) is 21.2. The van der Waals surface area contributed by atoms with Gasteiger partial charge >= 0.3 is 0 Å². The van der Waals surface area contributed by atoms with Gasteiger partial charge in [0.2, 0.25) is 0 Å². The van der Waals surface area contributed by atoms with Gasteiger partial charge in [0.25, 0.3) is 0 Å². The second-order valence-electron chi connectivity index (χ2n) is 8.16. The highest BCUT2D eigenvalue weighted by atomic mass is 16.5. The topological polar surface area (TPSA) is 59.0 Å². The van der Waals surface area contributed by atoms with Gasteiger partial charge in [-0.3, -0.25) is 4.98 Å². The predicted octanol–water partition coefficient (Wildman–Crippen LogP) is 3.75. The van der Waals surface area contributed by atoms with E-state index in [-0.39, 0.29) is 0 Å². The SMILES string of the molecule is CCNC(=NCc1nccc2ccccc12)N1CCC(OCC2CCCCO2)CC1. The number of pyridine rings is 1. The summed E-state index contributed by atoms with van der Waals surface area (Å²) in [7, 11) is 0. The molecule has 2 aliphatic rings. The molecule has 1 aromatic carbocycles. The maximum Gasteiger partial charge on any atom is 0.194 e. The molecule has 1 atom stereocenters. The van der Waals surface area contributed by atoms with Crippen molar-refractivity contribution in [2.75, 3.05) is 32.8 Å². The van der Waals surface area contributed by atoms with Crippen molar-refractivity contribution in [1.82, 2.24) is 15.2 Å². The summed E-state index contributed by atoms with van der Waals surface area (Å²) in [5.41, 5.74) is 1.02. The maximum atomic E-state index is 6.17. The largest absolute Gasteiger partial charge is 0.376 e. The third-order valence-corrected chi connectivity index (χ3v) is 6.00. The second kappa shape index (κ2) is 10.7. The summed E-state index contributed by atoms with van der Waals surface area (Å²) >= 11 is 0. The summed E-state index contributed by atoms with van der Waals surface area (Å²) in [5.74, 6) is 0.973. The van der Waals surface area contributed by atoms with Gasteiger partial charge in [0.05, 0.1) is 31.1 Å². The van der Waals surface area contributed by atoms with Crippen LogP contribution in [0, 0.1) is 0 Å². The lowest BCUT2D eigenvalue weighted by Crippen LogP contribution is -2.47. The molecule has 6 heteroatoms. The number of nitrogens with zero attached hydrogens (tertiary/aromatic N) is 3. The van der Waals surface area contributed by atoms with Crippen LogP contribution in [0.5, 0.6) is 0 Å². The van der Waals surface area contributed by atoms with E-state index in [2.05, 4.69) is 52.5 Å². The molecule has 2 saturated heterocycles. The fourth-order valence-electron chi connectivity index (χ4n) is 4.30. The maximum absolute atomic E-state index is 6.17. The number of ether oxygens (including phenoxy) is 2. The van der Waals surface area contributed by atoms with Crippen molar-refractivity contribution in [2.45, 2.75) is 57.8 Å². The highest BCUT2D eigenvalue weighted by molar-refractivity contribution is 5.85. The van der Waals surface area contributed by atoms with Gasteiger partial charge in [-0.05, 0) is 50.5 Å². The summed E-state index contributed by atoms with van der Waals surface area (Å²) in [6.45, 7) is 7.12. The molecule has 6 nitrogen and oxygen atoms in total. The van der Waals surface area contributed by atoms with E-state index in [1.54, 1.807) is 0 Å². The molecule has 3 heterocycles. The molecular formula is C24H34N4O2. The molecule has 1 N–H and O–H groups in total. The molecule has 0 aliphatic carbocycles. The number of benzene rings is 1. The molecule has 2 aromatic rings. The second-order valence-corrected chi connectivity index (χ2v) is 8.16. The number of hydrogen-bond acceptors (Lipinski definition) is 4. The number of hydrogen-bond donors (Lipinski definition) is 1. The molecule has 0 saturated carbocycles. The summed E-state index contributed by atoms with van der Waals surface area (Å²) in [4.78, 5) is 11.8. The number of piperidine rings is 1. The highest BCUT2D eigenvalue weighted by Crippen LogP contribution is 2.19. The summed E-state index contributed by atoms with van der Waals surface area (Å²) in [6, 6.07) is 10.4. The van der Waals surface area contributed by atoms with Crippen LogP contribution in [-0.4, -0.2) is 60.9 Å². The highest BCUT2D eigenvalue weighted by Gasteiger charge is 2.23. The molecular weight excluding hydrogens is 376 g/mol. The summed E-state index contributed by atoms with van der Waals surface area (Å²) < 4.78 is 12.0. The predicted molar refractivity (Wildman–Crippen MR) is 121 cm³/mol. The number of likely N-dealkylation sites (tertiary alicyclic amines) is 1. The van der Waals surface area contributed by atoms with Crippen molar-refractivity contribution in [3.05, 3.63) is 42.2 Å². The zero-order valence-corrected chi connectivity index (χ0v) is 18.1. The molecule has 1 aromatic heterocycles. The first kappa shape index (κ1) is 21.1. The Morgan fingerprint density at radius 3 is 2.87 bits per heavy atom. The lowest BCUT2D eigenvalue weighted by atomic mass is 10.1. The van der Waals surface area contributed by atoms with Crippen LogP contribution in [0.3, 0.4) is 0 Å². The van der Waals surface area contributed by atoms with Gasteiger partial charge in [0.1, 0.15) is 0 Å². The van der Waals surface area contributed by atoms with Crippen molar-refractivity contribution >= 4 is 16.7 Å². The Balaban J connectivity index is 1.33. The van der Waals surface area contributed by atoms with Gasteiger partial charge < -0.3 is 19.7 Å². The molecule has 2 aliphatic heterocycles. The summed E-state index contributed by atoms with van der Waals surface area (Å²) in [5, 5.41) is 5.84. The van der Waals surface area contributed by atoms with E-state index in [1.165, 1.54) is 23.6 Å². The molecule has 0 amide bonds. The van der Waals surface area contributed by atoms with Crippen LogP contribution in [0.15, 0.2) is 41.5 Å². The van der Waals surface area contributed by atoms with Crippen LogP contribution in [0.2, 0.25) is 0 Å². The van der Waals surface area contributed by atoms with Crippen molar-refractivity contribution in [1.29, 1.82) is 0 Å². The van der Waals surface area contributed by atoms with Crippen LogP contribution in [0.1, 0.15) is 44.7 Å². The number of fused-ring (bicyclic) bond motifs is 1. The van der Waals surface area contributed by atoms with Crippen molar-refractivity contribution in [3.63, 3.8) is 0 Å². The zero-order chi connectivity index (χ0) is 20.6. The number of nitrogens with one attached hydrogen (secondary N) is 1. The van der Waals surface area contributed by atoms with Crippen LogP contribution < -0.4 is 5.32 Å². The van der Waals surface area contributed by atoms with E-state index in [9.17, 15) is 0 Å². The van der Waals surface area contributed by atoms with E-state index < -0.39 is 0 Å². The minimum absolute atomic E-state index is 0.295. The first-order valence-electron chi connectivity index (χ1n) is 11.4. The van der Waals surface area contributed by atoms with Crippen LogP contribution in [-0.2, 0) is 16.0 Å². The van der Waals surface area contributed by atoms with Crippen LogP contribution >= 0.6 is 0 Å². The Hall–Kier alpha value is -2.18. The van der Waals surface area contributed by atoms with E-state index >= 15 is 0 Å². The lowest BCUT2D eigenvalue weighted by Gasteiger charge is -2.35. The smallest absolute Gasteiger partial charge is 0.194 e. The first-order valence-corrected chi connectivity index (χ1v) is 11.4.